The average molecular weight is 376 g/mol. The van der Waals surface area contributed by atoms with Crippen LogP contribution in [0.15, 0.2) is 24.3 Å². The number of hydrogen-bond acceptors (Lipinski definition) is 3. The third kappa shape index (κ3) is 9.12. The Balaban J connectivity index is 1.65. The first-order valence-electron chi connectivity index (χ1n) is 11.0. The maximum Gasteiger partial charge on any atom is 0.119 e. The Labute approximate surface area is 166 Å². The van der Waals surface area contributed by atoms with Crippen molar-refractivity contribution in [3.05, 3.63) is 29.8 Å². The van der Waals surface area contributed by atoms with Crippen LogP contribution in [0, 0.1) is 17.8 Å². The molecule has 0 spiro atoms. The van der Waals surface area contributed by atoms with Gasteiger partial charge in [0.15, 0.2) is 0 Å². The van der Waals surface area contributed by atoms with E-state index in [-0.39, 0.29) is 6.61 Å². The molecule has 0 aliphatic heterocycles. The summed E-state index contributed by atoms with van der Waals surface area (Å²) in [5.74, 6) is 3.23. The molecule has 0 heterocycles. The molecule has 1 aromatic carbocycles. The van der Waals surface area contributed by atoms with Crippen molar-refractivity contribution in [2.45, 2.75) is 84.1 Å². The lowest BCUT2D eigenvalue weighted by atomic mass is 9.88. The fourth-order valence-electron chi connectivity index (χ4n) is 3.69. The van der Waals surface area contributed by atoms with Gasteiger partial charge in [-0.1, -0.05) is 65.0 Å². The molecule has 0 saturated heterocycles. The first kappa shape index (κ1) is 22.2. The number of rotatable bonds is 14. The monoisotopic (exact) mass is 375 g/mol. The summed E-state index contributed by atoms with van der Waals surface area (Å²) in [5, 5.41) is 9.66. The molecule has 1 aromatic rings. The van der Waals surface area contributed by atoms with Gasteiger partial charge in [-0.2, -0.15) is 0 Å². The Kier molecular flexibility index (Phi) is 9.11. The van der Waals surface area contributed by atoms with Crippen molar-refractivity contribution in [1.29, 1.82) is 0 Å². The normalized spacial score (nSPS) is 17.7. The van der Waals surface area contributed by atoms with Gasteiger partial charge in [0, 0.05) is 5.54 Å². The number of nitrogens with two attached hydrogens (primary N) is 1. The largest absolute Gasteiger partial charge is 0.494 e. The van der Waals surface area contributed by atoms with Gasteiger partial charge in [-0.25, -0.2) is 0 Å². The van der Waals surface area contributed by atoms with Crippen molar-refractivity contribution in [1.82, 2.24) is 0 Å². The van der Waals surface area contributed by atoms with E-state index in [1.54, 1.807) is 0 Å². The summed E-state index contributed by atoms with van der Waals surface area (Å²) in [6, 6.07) is 8.40. The predicted molar refractivity (Wildman–Crippen MR) is 114 cm³/mol. The van der Waals surface area contributed by atoms with Gasteiger partial charge in [0.1, 0.15) is 5.75 Å². The Bertz CT molecular complexity index is 524. The quantitative estimate of drug-likeness (QED) is 0.461. The van der Waals surface area contributed by atoms with Crippen molar-refractivity contribution in [2.24, 2.45) is 23.5 Å². The van der Waals surface area contributed by atoms with Crippen LogP contribution in [0.25, 0.3) is 0 Å². The molecule has 3 nitrogen and oxygen atoms in total. The number of aryl methyl sites for hydroxylation is 1. The van der Waals surface area contributed by atoms with Gasteiger partial charge in [-0.05, 0) is 61.1 Å². The highest BCUT2D eigenvalue weighted by Crippen LogP contribution is 2.37. The van der Waals surface area contributed by atoms with Crippen molar-refractivity contribution in [3.8, 4) is 5.75 Å². The molecule has 1 unspecified atom stereocenters. The van der Waals surface area contributed by atoms with Crippen LogP contribution < -0.4 is 10.5 Å². The molecule has 1 aliphatic carbocycles. The molecule has 2 rings (SSSR count). The van der Waals surface area contributed by atoms with E-state index in [1.807, 2.05) is 0 Å². The second-order valence-corrected chi connectivity index (χ2v) is 9.38. The van der Waals surface area contributed by atoms with Crippen LogP contribution in [0.4, 0.5) is 0 Å². The minimum atomic E-state index is -0.415. The van der Waals surface area contributed by atoms with Crippen LogP contribution in [0.5, 0.6) is 5.75 Å². The van der Waals surface area contributed by atoms with E-state index in [9.17, 15) is 5.11 Å². The van der Waals surface area contributed by atoms with Gasteiger partial charge in [0.05, 0.1) is 13.2 Å². The number of benzene rings is 1. The summed E-state index contributed by atoms with van der Waals surface area (Å²) < 4.78 is 5.92. The molecular weight excluding hydrogens is 334 g/mol. The third-order valence-corrected chi connectivity index (χ3v) is 5.90. The molecule has 27 heavy (non-hydrogen) atoms. The van der Waals surface area contributed by atoms with Gasteiger partial charge < -0.3 is 15.6 Å². The average Bonchev–Trinajstić information content (AvgIpc) is 3.44. The standard InChI is InChI=1S/C24H41NO2/c1-19(2)5-4-6-20(3)14-16-27-23-11-9-21(10-12-23)13-15-24(25,18-26)17-22-7-8-22/h9-12,19-20,22,26H,4-8,13-18,25H2,1-3H3/t20?,24-/m0/s1. The van der Waals surface area contributed by atoms with Crippen LogP contribution in [0.1, 0.15) is 77.7 Å². The number of aliphatic hydroxyl groups is 1. The van der Waals surface area contributed by atoms with Crippen LogP contribution in [-0.2, 0) is 6.42 Å². The highest BCUT2D eigenvalue weighted by Gasteiger charge is 2.33. The van der Waals surface area contributed by atoms with E-state index < -0.39 is 5.54 Å². The SMILES string of the molecule is CC(C)CCCC(C)CCOc1ccc(CC[C@@](N)(CO)CC2CC2)cc1. The van der Waals surface area contributed by atoms with E-state index in [0.717, 1.165) is 55.8 Å². The summed E-state index contributed by atoms with van der Waals surface area (Å²) >= 11 is 0. The molecule has 3 N–H and O–H groups in total. The Morgan fingerprint density at radius 2 is 1.81 bits per heavy atom. The van der Waals surface area contributed by atoms with E-state index in [2.05, 4.69) is 45.0 Å². The maximum atomic E-state index is 9.66. The smallest absolute Gasteiger partial charge is 0.119 e. The van der Waals surface area contributed by atoms with E-state index in [1.165, 1.54) is 37.7 Å². The van der Waals surface area contributed by atoms with Crippen LogP contribution in [0.2, 0.25) is 0 Å². The van der Waals surface area contributed by atoms with E-state index in [4.69, 9.17) is 10.5 Å². The highest BCUT2D eigenvalue weighted by molar-refractivity contribution is 5.27. The molecule has 1 fully saturated rings. The van der Waals surface area contributed by atoms with Crippen molar-refractivity contribution >= 4 is 0 Å². The van der Waals surface area contributed by atoms with Gasteiger partial charge in [0.2, 0.25) is 0 Å². The maximum absolute atomic E-state index is 9.66. The molecule has 0 bridgehead atoms. The lowest BCUT2D eigenvalue weighted by Crippen LogP contribution is -2.44. The zero-order chi connectivity index (χ0) is 19.7. The molecule has 0 amide bonds. The Morgan fingerprint density at radius 3 is 2.41 bits per heavy atom. The van der Waals surface area contributed by atoms with E-state index in [0.29, 0.717) is 0 Å². The topological polar surface area (TPSA) is 55.5 Å². The minimum Gasteiger partial charge on any atom is -0.494 e. The third-order valence-electron chi connectivity index (χ3n) is 5.90. The Morgan fingerprint density at radius 1 is 1.11 bits per heavy atom. The second-order valence-electron chi connectivity index (χ2n) is 9.38. The molecule has 154 valence electrons. The van der Waals surface area contributed by atoms with Crippen LogP contribution >= 0.6 is 0 Å². The summed E-state index contributed by atoms with van der Waals surface area (Å²) in [4.78, 5) is 0. The van der Waals surface area contributed by atoms with Crippen molar-refractivity contribution < 1.29 is 9.84 Å². The van der Waals surface area contributed by atoms with Crippen molar-refractivity contribution in [2.75, 3.05) is 13.2 Å². The highest BCUT2D eigenvalue weighted by atomic mass is 16.5. The number of ether oxygens (including phenoxy) is 1. The minimum absolute atomic E-state index is 0.0834. The fourth-order valence-corrected chi connectivity index (χ4v) is 3.69. The first-order valence-corrected chi connectivity index (χ1v) is 11.0. The zero-order valence-corrected chi connectivity index (χ0v) is 17.8. The van der Waals surface area contributed by atoms with Gasteiger partial charge in [0.25, 0.3) is 0 Å². The lowest BCUT2D eigenvalue weighted by molar-refractivity contribution is 0.172. The molecule has 2 atom stereocenters. The summed E-state index contributed by atoms with van der Waals surface area (Å²) in [6.45, 7) is 7.79. The summed E-state index contributed by atoms with van der Waals surface area (Å²) in [6.07, 6.45) is 10.3. The van der Waals surface area contributed by atoms with E-state index >= 15 is 0 Å². The Hall–Kier alpha value is -1.06. The van der Waals surface area contributed by atoms with Gasteiger partial charge >= 0.3 is 0 Å². The molecule has 3 heteroatoms. The summed E-state index contributed by atoms with van der Waals surface area (Å²) in [5.41, 5.74) is 7.24. The zero-order valence-electron chi connectivity index (χ0n) is 17.8. The molecule has 0 radical (unpaired) electrons. The number of hydrogen-bond donors (Lipinski definition) is 2. The van der Waals surface area contributed by atoms with Gasteiger partial charge in [-0.15, -0.1) is 0 Å². The first-order chi connectivity index (χ1) is 12.9. The molecule has 0 aromatic heterocycles. The molecule has 1 saturated carbocycles. The summed E-state index contributed by atoms with van der Waals surface area (Å²) in [7, 11) is 0. The number of aliphatic hydroxyl groups excluding tert-OH is 1. The second kappa shape index (κ2) is 11.1. The predicted octanol–water partition coefficient (Wildman–Crippen LogP) is 5.34. The molecule has 1 aliphatic rings. The van der Waals surface area contributed by atoms with Crippen molar-refractivity contribution in [3.63, 3.8) is 0 Å². The lowest BCUT2D eigenvalue weighted by Gasteiger charge is -2.27. The fraction of sp³-hybridized carbons (Fsp3) is 0.750. The van der Waals surface area contributed by atoms with Gasteiger partial charge in [-0.3, -0.25) is 0 Å². The molecular formula is C24H41NO2. The van der Waals surface area contributed by atoms with Crippen LogP contribution in [-0.4, -0.2) is 23.9 Å². The van der Waals surface area contributed by atoms with Crippen LogP contribution in [0.3, 0.4) is 0 Å².